The predicted molar refractivity (Wildman–Crippen MR) is 247 cm³/mol. The summed E-state index contributed by atoms with van der Waals surface area (Å²) in [6, 6.07) is 74.4. The first-order valence-corrected chi connectivity index (χ1v) is 20.5. The Kier molecular flexibility index (Phi) is 7.40. The molecule has 0 saturated carbocycles. The van der Waals surface area contributed by atoms with Crippen molar-refractivity contribution in [1.29, 1.82) is 0 Å². The van der Waals surface area contributed by atoms with Crippen LogP contribution in [0.1, 0.15) is 0 Å². The number of hydrogen-bond acceptors (Lipinski definition) is 3. The van der Waals surface area contributed by atoms with Crippen LogP contribution in [0.25, 0.3) is 91.9 Å². The lowest BCUT2D eigenvalue weighted by atomic mass is 9.96. The smallest absolute Gasteiger partial charge is 0.145 e. The van der Waals surface area contributed by atoms with E-state index in [0.29, 0.717) is 0 Å². The fourth-order valence-electron chi connectivity index (χ4n) is 9.04. The minimum absolute atomic E-state index is 0.864. The average Bonchev–Trinajstić information content (AvgIpc) is 3.96. The molecule has 12 aromatic rings. The number of hydrogen-bond donors (Lipinski definition) is 0. The first-order chi connectivity index (χ1) is 28.8. The summed E-state index contributed by atoms with van der Waals surface area (Å²) in [5.74, 6) is 0. The number of para-hydroxylation sites is 5. The molecule has 0 amide bonds. The van der Waals surface area contributed by atoms with E-state index >= 15 is 0 Å². The van der Waals surface area contributed by atoms with Crippen LogP contribution < -0.4 is 4.90 Å². The fourth-order valence-corrected chi connectivity index (χ4v) is 10.1. The predicted octanol–water partition coefficient (Wildman–Crippen LogP) is 15.9. The highest BCUT2D eigenvalue weighted by Crippen LogP contribution is 2.49. The number of thiophene rings is 1. The minimum Gasteiger partial charge on any atom is -0.455 e. The Labute approximate surface area is 338 Å². The molecule has 272 valence electrons. The zero-order chi connectivity index (χ0) is 38.2. The lowest BCUT2D eigenvalue weighted by molar-refractivity contribution is 0.670. The number of aromatic nitrogens is 1. The molecular formula is C54H34N2OS. The highest BCUT2D eigenvalue weighted by molar-refractivity contribution is 7.25. The number of furan rings is 1. The number of fused-ring (bicyclic) bond motifs is 9. The summed E-state index contributed by atoms with van der Waals surface area (Å²) in [4.78, 5) is 2.42. The van der Waals surface area contributed by atoms with Gasteiger partial charge in [-0.2, -0.15) is 0 Å². The number of nitrogens with zero attached hydrogens (tertiary/aromatic N) is 2. The van der Waals surface area contributed by atoms with Gasteiger partial charge in [-0.3, -0.25) is 0 Å². The third-order valence-corrected chi connectivity index (χ3v) is 12.7. The van der Waals surface area contributed by atoms with Gasteiger partial charge in [0.05, 0.1) is 22.4 Å². The van der Waals surface area contributed by atoms with E-state index in [-0.39, 0.29) is 0 Å². The van der Waals surface area contributed by atoms with Crippen LogP contribution >= 0.6 is 11.3 Å². The van der Waals surface area contributed by atoms with Gasteiger partial charge in [-0.05, 0) is 90.0 Å². The molecule has 4 heteroatoms. The van der Waals surface area contributed by atoms with Gasteiger partial charge >= 0.3 is 0 Å². The molecular weight excluding hydrogens is 725 g/mol. The van der Waals surface area contributed by atoms with Crippen LogP contribution in [0.2, 0.25) is 0 Å². The standard InChI is InChI=1S/C54H34N2OS/c1-2-16-37(17-3-1)55(46-24-9-4-19-39(46)35-29-32-52-45(34-35)43-23-8-13-28-51(43)58-52)49-31-30-44-42-22-7-12-27-50(42)57-54(44)53(49)36-15-14-18-38(33-36)56-47-25-10-5-20-40(47)41-21-6-11-26-48(41)56/h1-34H. The van der Waals surface area contributed by atoms with Crippen LogP contribution in [0, 0.1) is 0 Å². The van der Waals surface area contributed by atoms with Crippen molar-refractivity contribution in [3.63, 3.8) is 0 Å². The number of benzene rings is 9. The molecule has 12 rings (SSSR count). The van der Waals surface area contributed by atoms with E-state index in [2.05, 4.69) is 210 Å². The molecule has 58 heavy (non-hydrogen) atoms. The molecule has 0 bridgehead atoms. The molecule has 0 aliphatic carbocycles. The second-order valence-electron chi connectivity index (χ2n) is 14.9. The topological polar surface area (TPSA) is 21.3 Å². The highest BCUT2D eigenvalue weighted by atomic mass is 32.1. The van der Waals surface area contributed by atoms with Crippen molar-refractivity contribution in [1.82, 2.24) is 4.57 Å². The van der Waals surface area contributed by atoms with Crippen molar-refractivity contribution in [2.24, 2.45) is 0 Å². The monoisotopic (exact) mass is 758 g/mol. The van der Waals surface area contributed by atoms with Gasteiger partial charge in [0.1, 0.15) is 11.2 Å². The van der Waals surface area contributed by atoms with Crippen LogP contribution in [0.15, 0.2) is 211 Å². The van der Waals surface area contributed by atoms with Crippen molar-refractivity contribution in [2.75, 3.05) is 4.90 Å². The molecule has 3 nitrogen and oxygen atoms in total. The van der Waals surface area contributed by atoms with Gasteiger partial charge in [-0.1, -0.05) is 127 Å². The van der Waals surface area contributed by atoms with E-state index in [9.17, 15) is 0 Å². The summed E-state index contributed by atoms with van der Waals surface area (Å²) < 4.78 is 11.9. The Morgan fingerprint density at radius 1 is 0.414 bits per heavy atom. The maximum Gasteiger partial charge on any atom is 0.145 e. The molecule has 0 radical (unpaired) electrons. The quantitative estimate of drug-likeness (QED) is 0.168. The van der Waals surface area contributed by atoms with Crippen LogP contribution in [-0.4, -0.2) is 4.57 Å². The molecule has 0 N–H and O–H groups in total. The Hall–Kier alpha value is -7.40. The average molecular weight is 759 g/mol. The molecule has 0 saturated heterocycles. The number of rotatable bonds is 6. The zero-order valence-corrected chi connectivity index (χ0v) is 32.2. The Bertz CT molecular complexity index is 3480. The summed E-state index contributed by atoms with van der Waals surface area (Å²) in [5.41, 5.74) is 12.8. The minimum atomic E-state index is 0.864. The lowest BCUT2D eigenvalue weighted by Crippen LogP contribution is -2.12. The van der Waals surface area contributed by atoms with Gasteiger partial charge < -0.3 is 13.9 Å². The molecule has 3 heterocycles. The first kappa shape index (κ1) is 32.8. The van der Waals surface area contributed by atoms with E-state index in [1.807, 2.05) is 17.4 Å². The summed E-state index contributed by atoms with van der Waals surface area (Å²) in [6.45, 7) is 0. The van der Waals surface area contributed by atoms with Crippen molar-refractivity contribution in [3.05, 3.63) is 206 Å². The summed E-state index contributed by atoms with van der Waals surface area (Å²) >= 11 is 1.85. The van der Waals surface area contributed by atoms with Crippen molar-refractivity contribution >= 4 is 92.3 Å². The van der Waals surface area contributed by atoms with Gasteiger partial charge in [-0.25, -0.2) is 0 Å². The number of anilines is 3. The van der Waals surface area contributed by atoms with Gasteiger partial charge in [0.25, 0.3) is 0 Å². The van der Waals surface area contributed by atoms with Crippen molar-refractivity contribution in [3.8, 4) is 27.9 Å². The van der Waals surface area contributed by atoms with Crippen LogP contribution in [-0.2, 0) is 0 Å². The summed E-state index contributed by atoms with van der Waals surface area (Å²) in [5, 5.41) is 7.25. The SMILES string of the molecule is c1ccc(N(c2ccccc2-c2ccc3sc4ccccc4c3c2)c2ccc3c(oc4ccccc43)c2-c2cccc(-n3c4ccccc4c4ccccc43)c2)cc1. The molecule has 0 spiro atoms. The second-order valence-corrected chi connectivity index (χ2v) is 15.9. The fraction of sp³-hybridized carbons (Fsp3) is 0. The van der Waals surface area contributed by atoms with E-state index in [1.165, 1.54) is 47.5 Å². The Morgan fingerprint density at radius 2 is 1.09 bits per heavy atom. The molecule has 0 fully saturated rings. The molecule has 0 aliphatic rings. The molecule has 0 atom stereocenters. The van der Waals surface area contributed by atoms with Gasteiger partial charge in [0.15, 0.2) is 0 Å². The van der Waals surface area contributed by atoms with E-state index in [0.717, 1.165) is 61.4 Å². The van der Waals surface area contributed by atoms with Gasteiger partial charge in [0, 0.05) is 64.2 Å². The summed E-state index contributed by atoms with van der Waals surface area (Å²) in [7, 11) is 0. The first-order valence-electron chi connectivity index (χ1n) is 19.7. The van der Waals surface area contributed by atoms with E-state index in [1.54, 1.807) is 0 Å². The maximum absolute atomic E-state index is 6.93. The van der Waals surface area contributed by atoms with Gasteiger partial charge in [0.2, 0.25) is 0 Å². The van der Waals surface area contributed by atoms with E-state index < -0.39 is 0 Å². The van der Waals surface area contributed by atoms with Crippen molar-refractivity contribution in [2.45, 2.75) is 0 Å². The second kappa shape index (κ2) is 13.1. The zero-order valence-electron chi connectivity index (χ0n) is 31.3. The largest absolute Gasteiger partial charge is 0.455 e. The molecule has 3 aromatic heterocycles. The molecule has 0 aliphatic heterocycles. The normalized spacial score (nSPS) is 11.8. The summed E-state index contributed by atoms with van der Waals surface area (Å²) in [6.07, 6.45) is 0. The third-order valence-electron chi connectivity index (χ3n) is 11.6. The Balaban J connectivity index is 1.13. The van der Waals surface area contributed by atoms with Crippen LogP contribution in [0.4, 0.5) is 17.1 Å². The van der Waals surface area contributed by atoms with E-state index in [4.69, 9.17) is 4.42 Å². The van der Waals surface area contributed by atoms with Crippen LogP contribution in [0.3, 0.4) is 0 Å². The van der Waals surface area contributed by atoms with Crippen molar-refractivity contribution < 1.29 is 4.42 Å². The third kappa shape index (κ3) is 5.05. The highest BCUT2D eigenvalue weighted by Gasteiger charge is 2.25. The molecule has 0 unspecified atom stereocenters. The Morgan fingerprint density at radius 3 is 1.91 bits per heavy atom. The lowest BCUT2D eigenvalue weighted by Gasteiger charge is -2.30. The molecule has 9 aromatic carbocycles. The van der Waals surface area contributed by atoms with Crippen LogP contribution in [0.5, 0.6) is 0 Å². The maximum atomic E-state index is 6.93. The van der Waals surface area contributed by atoms with Gasteiger partial charge in [-0.15, -0.1) is 11.3 Å².